The fourth-order valence-electron chi connectivity index (χ4n) is 3.60. The van der Waals surface area contributed by atoms with Crippen molar-refractivity contribution in [2.75, 3.05) is 0 Å². The molecule has 0 aliphatic rings. The molecule has 0 fully saturated rings. The maximum atomic E-state index is 5.26. The summed E-state index contributed by atoms with van der Waals surface area (Å²) in [6.45, 7) is 7.56. The third kappa shape index (κ3) is 25.0. The smallest absolute Gasteiger partial charge is 0.0348 e. The number of rotatable bonds is 22. The van der Waals surface area contributed by atoms with Gasteiger partial charge in [-0.3, -0.25) is 0 Å². The van der Waals surface area contributed by atoms with E-state index in [1.807, 2.05) is 18.2 Å². The van der Waals surface area contributed by atoms with Gasteiger partial charge >= 0.3 is 0 Å². The molecule has 0 bridgehead atoms. The maximum absolute atomic E-state index is 5.26. The van der Waals surface area contributed by atoms with E-state index in [-0.39, 0.29) is 0 Å². The minimum absolute atomic E-state index is 1.20. The average molecular weight is 386 g/mol. The highest BCUT2D eigenvalue weighted by molar-refractivity contribution is 5.13. The van der Waals surface area contributed by atoms with Crippen LogP contribution in [0.5, 0.6) is 0 Å². The van der Waals surface area contributed by atoms with Crippen LogP contribution in [0.1, 0.15) is 129 Å². The summed E-state index contributed by atoms with van der Waals surface area (Å²) in [6.07, 6.45) is 40.9. The molecule has 0 atom stereocenters. The number of hydrogen-bond acceptors (Lipinski definition) is 0. The van der Waals surface area contributed by atoms with Gasteiger partial charge in [0.2, 0.25) is 0 Å². The van der Waals surface area contributed by atoms with Gasteiger partial charge in [-0.15, -0.1) is 0 Å². The molecule has 161 valence electrons. The third-order valence-corrected chi connectivity index (χ3v) is 5.42. The average Bonchev–Trinajstić information content (AvgIpc) is 2.71. The molecule has 0 unspecified atom stereocenters. The van der Waals surface area contributed by atoms with Crippen LogP contribution >= 0.6 is 0 Å². The fraction of sp³-hybridized carbons (Fsp3) is 0.714. The maximum Gasteiger partial charge on any atom is -0.0348 e. The van der Waals surface area contributed by atoms with E-state index in [0.717, 1.165) is 0 Å². The van der Waals surface area contributed by atoms with Gasteiger partial charge < -0.3 is 0 Å². The van der Waals surface area contributed by atoms with Crippen molar-refractivity contribution in [3.8, 4) is 0 Å². The molecule has 0 heterocycles. The lowest BCUT2D eigenvalue weighted by Crippen LogP contribution is -1.84. The van der Waals surface area contributed by atoms with Gasteiger partial charge in [0.05, 0.1) is 0 Å². The Morgan fingerprint density at radius 3 is 1.21 bits per heavy atom. The monoisotopic (exact) mass is 385 g/mol. The Morgan fingerprint density at radius 1 is 0.429 bits per heavy atom. The first-order chi connectivity index (χ1) is 13.9. The predicted octanol–water partition coefficient (Wildman–Crippen LogP) is 10.1. The topological polar surface area (TPSA) is 0 Å². The summed E-state index contributed by atoms with van der Waals surface area (Å²) in [7, 11) is 0. The van der Waals surface area contributed by atoms with Crippen molar-refractivity contribution in [3.05, 3.63) is 49.1 Å². The standard InChI is InChI=1S/C28H49/c1-3-5-7-9-11-13-15-17-19-21-23-25-27-28-26-24-22-20-18-16-14-12-10-8-6-4-2/h1,3,5,7,9,11,13,15H,4,6,8,10,12,14,16-28H2,2H3. The van der Waals surface area contributed by atoms with E-state index in [4.69, 9.17) is 6.58 Å². The predicted molar refractivity (Wildman–Crippen MR) is 130 cm³/mol. The lowest BCUT2D eigenvalue weighted by atomic mass is 10.0. The lowest BCUT2D eigenvalue weighted by Gasteiger charge is -2.03. The van der Waals surface area contributed by atoms with Crippen LogP contribution in [0.25, 0.3) is 0 Å². The van der Waals surface area contributed by atoms with Crippen molar-refractivity contribution in [2.45, 2.75) is 129 Å². The zero-order valence-corrected chi connectivity index (χ0v) is 19.1. The summed E-state index contributed by atoms with van der Waals surface area (Å²) in [6, 6.07) is 0. The first-order valence-corrected chi connectivity index (χ1v) is 12.4. The second-order valence-corrected chi connectivity index (χ2v) is 8.19. The molecule has 0 saturated carbocycles. The van der Waals surface area contributed by atoms with Gasteiger partial charge in [0.25, 0.3) is 0 Å². The lowest BCUT2D eigenvalue weighted by molar-refractivity contribution is 0.525. The molecule has 0 amide bonds. The van der Waals surface area contributed by atoms with Crippen LogP contribution in [0.4, 0.5) is 0 Å². The van der Waals surface area contributed by atoms with E-state index >= 15 is 0 Å². The van der Waals surface area contributed by atoms with Crippen molar-refractivity contribution < 1.29 is 0 Å². The molecule has 1 radical (unpaired) electrons. The second-order valence-electron chi connectivity index (χ2n) is 8.19. The van der Waals surface area contributed by atoms with Crippen LogP contribution in [-0.4, -0.2) is 0 Å². The summed E-state index contributed by atoms with van der Waals surface area (Å²) < 4.78 is 0. The molecule has 0 aliphatic carbocycles. The summed E-state index contributed by atoms with van der Waals surface area (Å²) in [5.74, 6) is 0. The van der Waals surface area contributed by atoms with Crippen LogP contribution in [0.15, 0.2) is 42.5 Å². The van der Waals surface area contributed by atoms with Crippen molar-refractivity contribution >= 4 is 0 Å². The Balaban J connectivity index is 3.10. The van der Waals surface area contributed by atoms with Gasteiger partial charge in [0.15, 0.2) is 0 Å². The van der Waals surface area contributed by atoms with Crippen molar-refractivity contribution in [2.24, 2.45) is 0 Å². The van der Waals surface area contributed by atoms with Crippen LogP contribution in [0, 0.1) is 6.58 Å². The Hall–Kier alpha value is -1.04. The highest BCUT2D eigenvalue weighted by Crippen LogP contribution is 2.14. The van der Waals surface area contributed by atoms with Gasteiger partial charge in [-0.25, -0.2) is 0 Å². The van der Waals surface area contributed by atoms with Gasteiger partial charge in [0, 0.05) is 0 Å². The summed E-state index contributed by atoms with van der Waals surface area (Å²) >= 11 is 0. The van der Waals surface area contributed by atoms with Crippen LogP contribution < -0.4 is 0 Å². The Bertz CT molecular complexity index is 371. The summed E-state index contributed by atoms with van der Waals surface area (Å²) in [4.78, 5) is 0. The molecule has 0 N–H and O–H groups in total. The molecule has 0 aromatic carbocycles. The molecule has 0 aliphatic heterocycles. The molecular formula is C28H49. The molecule has 0 heteroatoms. The minimum atomic E-state index is 1.20. The first-order valence-electron chi connectivity index (χ1n) is 12.4. The summed E-state index contributed by atoms with van der Waals surface area (Å²) in [5.41, 5.74) is 0. The number of allylic oxidation sites excluding steroid dienone is 7. The normalized spacial score (nSPS) is 12.0. The highest BCUT2D eigenvalue weighted by atomic mass is 14.0. The highest BCUT2D eigenvalue weighted by Gasteiger charge is 1.94. The summed E-state index contributed by atoms with van der Waals surface area (Å²) in [5, 5.41) is 0. The van der Waals surface area contributed by atoms with E-state index in [2.05, 4.69) is 25.2 Å². The molecular weight excluding hydrogens is 336 g/mol. The Labute approximate surface area is 178 Å². The molecule has 0 rings (SSSR count). The van der Waals surface area contributed by atoms with E-state index in [1.165, 1.54) is 122 Å². The van der Waals surface area contributed by atoms with Crippen LogP contribution in [0.2, 0.25) is 0 Å². The SMILES string of the molecule is [CH]=CC=CC=CC=CCCCCCCCCCCCCCCCCCCCC. The molecule has 0 aromatic rings. The van der Waals surface area contributed by atoms with Gasteiger partial charge in [-0.05, 0) is 12.8 Å². The van der Waals surface area contributed by atoms with Crippen molar-refractivity contribution in [3.63, 3.8) is 0 Å². The van der Waals surface area contributed by atoms with Crippen molar-refractivity contribution in [1.82, 2.24) is 0 Å². The molecule has 28 heavy (non-hydrogen) atoms. The van der Waals surface area contributed by atoms with Gasteiger partial charge in [-0.2, -0.15) is 0 Å². The fourth-order valence-corrected chi connectivity index (χ4v) is 3.60. The molecule has 0 spiro atoms. The number of hydrogen-bond donors (Lipinski definition) is 0. The van der Waals surface area contributed by atoms with Crippen LogP contribution in [-0.2, 0) is 0 Å². The van der Waals surface area contributed by atoms with E-state index in [0.29, 0.717) is 0 Å². The first kappa shape index (κ1) is 27.0. The van der Waals surface area contributed by atoms with Crippen LogP contribution in [0.3, 0.4) is 0 Å². The van der Waals surface area contributed by atoms with E-state index < -0.39 is 0 Å². The molecule has 0 saturated heterocycles. The zero-order valence-electron chi connectivity index (χ0n) is 19.1. The van der Waals surface area contributed by atoms with E-state index in [9.17, 15) is 0 Å². The van der Waals surface area contributed by atoms with Gasteiger partial charge in [0.1, 0.15) is 0 Å². The largest absolute Gasteiger partial charge is 0.0845 e. The third-order valence-electron chi connectivity index (χ3n) is 5.42. The second kappa shape index (κ2) is 26.0. The Kier molecular flexibility index (Phi) is 25.0. The molecule has 0 aromatic heterocycles. The Morgan fingerprint density at radius 2 is 0.786 bits per heavy atom. The number of unbranched alkanes of at least 4 members (excludes halogenated alkanes) is 18. The van der Waals surface area contributed by atoms with Crippen molar-refractivity contribution in [1.29, 1.82) is 0 Å². The minimum Gasteiger partial charge on any atom is -0.0845 e. The van der Waals surface area contributed by atoms with E-state index in [1.54, 1.807) is 6.08 Å². The quantitative estimate of drug-likeness (QED) is 0.128. The zero-order chi connectivity index (χ0) is 20.4. The van der Waals surface area contributed by atoms with Gasteiger partial charge in [-0.1, -0.05) is 165 Å². The molecule has 0 nitrogen and oxygen atoms in total.